The Morgan fingerprint density at radius 1 is 0.322 bits per heavy atom. The van der Waals surface area contributed by atoms with Gasteiger partial charge in [-0.3, -0.25) is 52.7 Å². The summed E-state index contributed by atoms with van der Waals surface area (Å²) >= 11 is 0. The highest BCUT2D eigenvalue weighted by Crippen LogP contribution is 2.26. The molecule has 39 heteroatoms. The van der Waals surface area contributed by atoms with Crippen LogP contribution in [0.5, 0.6) is 0 Å². The van der Waals surface area contributed by atoms with Crippen molar-refractivity contribution in [2.75, 3.05) is 119 Å². The Kier molecular flexibility index (Phi) is 53.8. The van der Waals surface area contributed by atoms with E-state index in [0.717, 1.165) is 44.9 Å². The summed E-state index contributed by atoms with van der Waals surface area (Å²) < 4.78 is 52.2. The molecule has 19 N–H and O–H groups in total. The lowest BCUT2D eigenvalue weighted by molar-refractivity contribution is -0.270. The third-order valence-electron chi connectivity index (χ3n) is 19.2. The summed E-state index contributed by atoms with van der Waals surface area (Å²) in [6.45, 7) is 6.29. The number of ketones is 1. The number of amides is 10. The molecule has 0 saturated carbocycles. The van der Waals surface area contributed by atoms with Gasteiger partial charge in [0.05, 0.1) is 59.5 Å². The molecule has 0 aromatic carbocycles. The van der Waals surface area contributed by atoms with Crippen LogP contribution in [0.1, 0.15) is 195 Å². The smallest absolute Gasteiger partial charge is 0.222 e. The SMILES string of the molecule is CC(=O)NC1C(O)[C@H](O)C(CO)O[C@H]1OCCCCC(=O)NCCCNC(=O)CCOCC(COCCC(=O)NCCCNC(=O)CCCCO[C@@H]1OC(CO)[C@@H](O)C(O)C1NC(C)=O)(COCCC(=O)NCCCNC(=O)CCCCO[C@@H]1OC(CO)[C@@H](O)C(O)C1NC(C)=O)NC(=O)CCCCCCCCCCC(=O)C(C)C. The third kappa shape index (κ3) is 43.8. The fraction of sp³-hybridized carbons (Fsp3) is 0.855. The van der Waals surface area contributed by atoms with Gasteiger partial charge in [0.25, 0.3) is 0 Å². The molecule has 39 nitrogen and oxygen atoms in total. The maximum absolute atomic E-state index is 14.0. The van der Waals surface area contributed by atoms with E-state index in [1.165, 1.54) is 20.8 Å². The molecule has 10 amide bonds. The number of rotatable bonds is 64. The summed E-state index contributed by atoms with van der Waals surface area (Å²) in [6, 6.07) is -3.28. The number of aliphatic hydroxyl groups is 9. The van der Waals surface area contributed by atoms with E-state index in [0.29, 0.717) is 70.6 Å². The largest absolute Gasteiger partial charge is 0.394 e. The number of carbonyl (C=O) groups is 11. The fourth-order valence-electron chi connectivity index (χ4n) is 12.6. The molecule has 0 aromatic rings. The molecule has 3 saturated heterocycles. The number of carbonyl (C=O) groups excluding carboxylic acids is 11. The van der Waals surface area contributed by atoms with E-state index in [-0.39, 0.29) is 197 Å². The van der Waals surface area contributed by atoms with Gasteiger partial charge in [-0.1, -0.05) is 52.4 Å². The molecule has 3 aliphatic rings. The Hall–Kier alpha value is -6.35. The zero-order valence-corrected chi connectivity index (χ0v) is 67.8. The van der Waals surface area contributed by atoms with Crippen molar-refractivity contribution in [1.82, 2.24) is 53.2 Å². The number of Topliss-reactive ketones (excluding diaryl/α,β-unsaturated/α-hetero) is 1. The van der Waals surface area contributed by atoms with E-state index in [9.17, 15) is 98.7 Å². The van der Waals surface area contributed by atoms with Crippen LogP contribution in [0.25, 0.3) is 0 Å². The van der Waals surface area contributed by atoms with E-state index < -0.39 is 135 Å². The van der Waals surface area contributed by atoms with E-state index in [1.807, 2.05) is 13.8 Å². The molecule has 3 heterocycles. The second kappa shape index (κ2) is 60.2. The molecule has 15 atom stereocenters. The molecule has 0 aliphatic carbocycles. The highest BCUT2D eigenvalue weighted by atomic mass is 16.7. The maximum atomic E-state index is 14.0. The van der Waals surface area contributed by atoms with Crippen molar-refractivity contribution in [3.63, 3.8) is 0 Å². The number of ether oxygens (including phenoxy) is 9. The van der Waals surface area contributed by atoms with Crippen molar-refractivity contribution in [2.45, 2.75) is 293 Å². The lowest BCUT2D eigenvalue weighted by Gasteiger charge is -2.42. The standard InChI is InChI=1S/C76H136N10O29/c1-49(2)53(93)23-12-10-8-6-7-9-11-13-27-63(100)86-76(46-107-40-28-60(97)80-34-20-31-77-57(94)24-14-17-37-110-73-64(83-50(3)90)70(104)67(101)54(43-87)113-73,47-108-41-29-61(98)81-35-21-32-78-58(95)25-15-18-38-111-74-65(84-51(4)91)71(105)68(102)55(44-88)114-74)48-109-42-30-62(99)82-36-22-33-79-59(96)26-16-19-39-112-75-66(85-52(5)92)72(106)69(103)56(45-89)115-75/h49,54-56,64-75,87-89,101-106H,6-48H2,1-5H3,(H,77,94)(H,78,95)(H,79,96)(H,80,97)(H,81,98)(H,82,99)(H,83,90)(H,84,91)(H,85,92)(H,86,100)/t54?,55?,56?,64?,65?,66?,67-,68-,69-,70?,71?,72?,73-,74-,75-,76?/m1/s1. The molecule has 3 aliphatic heterocycles. The van der Waals surface area contributed by atoms with Crippen molar-refractivity contribution in [3.8, 4) is 0 Å². The van der Waals surface area contributed by atoms with Gasteiger partial charge >= 0.3 is 0 Å². The first-order valence-electron chi connectivity index (χ1n) is 40.8. The predicted octanol–water partition coefficient (Wildman–Crippen LogP) is -3.55. The Labute approximate surface area is 674 Å². The van der Waals surface area contributed by atoms with Gasteiger partial charge in [0, 0.05) is 137 Å². The number of hydrogen-bond donors (Lipinski definition) is 19. The van der Waals surface area contributed by atoms with Gasteiger partial charge in [0.15, 0.2) is 18.9 Å². The van der Waals surface area contributed by atoms with E-state index in [4.69, 9.17) is 42.6 Å². The molecular formula is C76H136N10O29. The topological polar surface area (TPSA) is 573 Å². The van der Waals surface area contributed by atoms with Crippen molar-refractivity contribution in [3.05, 3.63) is 0 Å². The van der Waals surface area contributed by atoms with Crippen molar-refractivity contribution in [1.29, 1.82) is 0 Å². The first-order chi connectivity index (χ1) is 55.0. The highest BCUT2D eigenvalue weighted by Gasteiger charge is 2.48. The minimum Gasteiger partial charge on any atom is -0.394 e. The molecule has 0 spiro atoms. The minimum atomic E-state index is -1.46. The summed E-state index contributed by atoms with van der Waals surface area (Å²) in [5.41, 5.74) is -1.41. The quantitative estimate of drug-likeness (QED) is 0.0262. The van der Waals surface area contributed by atoms with Crippen LogP contribution in [0, 0.1) is 5.92 Å². The lowest BCUT2D eigenvalue weighted by atomic mass is 9.97. The van der Waals surface area contributed by atoms with Crippen LogP contribution in [0.15, 0.2) is 0 Å². The molecule has 3 fully saturated rings. The predicted molar refractivity (Wildman–Crippen MR) is 411 cm³/mol. The Balaban J connectivity index is 1.57. The summed E-state index contributed by atoms with van der Waals surface area (Å²) in [4.78, 5) is 138. The lowest BCUT2D eigenvalue weighted by Crippen LogP contribution is -2.64. The molecule has 3 rings (SSSR count). The first kappa shape index (κ1) is 103. The van der Waals surface area contributed by atoms with Gasteiger partial charge in [-0.25, -0.2) is 0 Å². The summed E-state index contributed by atoms with van der Waals surface area (Å²) in [6.07, 6.45) is -4.20. The van der Waals surface area contributed by atoms with Gasteiger partial charge in [-0.05, 0) is 70.6 Å². The summed E-state index contributed by atoms with van der Waals surface area (Å²) in [5.74, 6) is -3.38. The van der Waals surface area contributed by atoms with Crippen LogP contribution in [0.4, 0.5) is 0 Å². The second-order valence-corrected chi connectivity index (χ2v) is 29.6. The van der Waals surface area contributed by atoms with Crippen molar-refractivity contribution >= 4 is 64.9 Å². The normalized spacial score (nSPS) is 23.9. The number of unbranched alkanes of at least 4 members (excludes halogenated alkanes) is 10. The van der Waals surface area contributed by atoms with Gasteiger partial charge < -0.3 is 142 Å². The van der Waals surface area contributed by atoms with Gasteiger partial charge in [-0.15, -0.1) is 0 Å². The van der Waals surface area contributed by atoms with Gasteiger partial charge in [0.2, 0.25) is 59.1 Å². The van der Waals surface area contributed by atoms with E-state index in [2.05, 4.69) is 53.2 Å². The highest BCUT2D eigenvalue weighted by molar-refractivity contribution is 5.81. The Morgan fingerprint density at radius 3 is 0.843 bits per heavy atom. The second-order valence-electron chi connectivity index (χ2n) is 29.6. The molecular weight excluding hydrogens is 1520 g/mol. The van der Waals surface area contributed by atoms with Crippen LogP contribution in [0.2, 0.25) is 0 Å². The molecule has 0 bridgehead atoms. The number of aliphatic hydroxyl groups excluding tert-OH is 9. The van der Waals surface area contributed by atoms with Gasteiger partial charge in [-0.2, -0.15) is 0 Å². The van der Waals surface area contributed by atoms with Crippen LogP contribution < -0.4 is 53.2 Å². The van der Waals surface area contributed by atoms with Crippen LogP contribution in [0.3, 0.4) is 0 Å². The fourth-order valence-corrected chi connectivity index (χ4v) is 12.6. The van der Waals surface area contributed by atoms with Crippen LogP contribution in [-0.4, -0.2) is 327 Å². The zero-order chi connectivity index (χ0) is 84.9. The summed E-state index contributed by atoms with van der Waals surface area (Å²) in [5, 5.41) is 118. The molecule has 0 radical (unpaired) electrons. The zero-order valence-electron chi connectivity index (χ0n) is 67.8. The average molecular weight is 1650 g/mol. The maximum Gasteiger partial charge on any atom is 0.222 e. The van der Waals surface area contributed by atoms with Crippen molar-refractivity contribution in [2.24, 2.45) is 5.92 Å². The monoisotopic (exact) mass is 1650 g/mol. The Morgan fingerprint density at radius 2 is 0.574 bits per heavy atom. The third-order valence-corrected chi connectivity index (χ3v) is 19.2. The Bertz CT molecular complexity index is 2580. The molecule has 0 aromatic heterocycles. The van der Waals surface area contributed by atoms with Gasteiger partial charge in [0.1, 0.15) is 84.4 Å². The molecule has 115 heavy (non-hydrogen) atoms. The minimum absolute atomic E-state index is 0.0213. The van der Waals surface area contributed by atoms with Crippen LogP contribution >= 0.6 is 0 Å². The summed E-state index contributed by atoms with van der Waals surface area (Å²) in [7, 11) is 0. The number of nitrogens with one attached hydrogen (secondary N) is 10. The average Bonchev–Trinajstić information content (AvgIpc) is 0.818. The molecule has 664 valence electrons. The first-order valence-corrected chi connectivity index (χ1v) is 40.8. The van der Waals surface area contributed by atoms with E-state index >= 15 is 0 Å². The van der Waals surface area contributed by atoms with Crippen molar-refractivity contribution < 1.29 is 141 Å². The molecule has 9 unspecified atom stereocenters. The van der Waals surface area contributed by atoms with E-state index in [1.54, 1.807) is 0 Å². The number of hydrogen-bond acceptors (Lipinski definition) is 29. The van der Waals surface area contributed by atoms with Crippen LogP contribution in [-0.2, 0) is 95.4 Å².